The lowest BCUT2D eigenvalue weighted by molar-refractivity contribution is -0.123. The molecule has 0 spiro atoms. The highest BCUT2D eigenvalue weighted by atomic mass is 16.5. The highest BCUT2D eigenvalue weighted by Crippen LogP contribution is 2.16. The van der Waals surface area contributed by atoms with Crippen molar-refractivity contribution in [1.82, 2.24) is 5.32 Å². The molecule has 0 heterocycles. The van der Waals surface area contributed by atoms with Gasteiger partial charge in [-0.1, -0.05) is 30.3 Å². The van der Waals surface area contributed by atoms with Crippen LogP contribution in [0.2, 0.25) is 0 Å². The van der Waals surface area contributed by atoms with E-state index in [0.29, 0.717) is 11.3 Å². The molecule has 1 N–H and O–H groups in total. The zero-order valence-corrected chi connectivity index (χ0v) is 13.4. The first-order valence-corrected chi connectivity index (χ1v) is 7.23. The van der Waals surface area contributed by atoms with Gasteiger partial charge in [0.15, 0.2) is 6.61 Å². The van der Waals surface area contributed by atoms with Gasteiger partial charge in [0, 0.05) is 0 Å². The summed E-state index contributed by atoms with van der Waals surface area (Å²) in [6.45, 7) is 1.22. The third-order valence-electron chi connectivity index (χ3n) is 3.30. The Kier molecular flexibility index (Phi) is 5.68. The number of para-hydroxylation sites is 1. The zero-order valence-electron chi connectivity index (χ0n) is 13.4. The molecule has 6 nitrogen and oxygen atoms in total. The number of ether oxygens (including phenoxy) is 2. The fraction of sp³-hybridized carbons (Fsp3) is 0.167. The molecule has 0 atom stereocenters. The van der Waals surface area contributed by atoms with Crippen molar-refractivity contribution in [1.29, 1.82) is 0 Å². The van der Waals surface area contributed by atoms with Crippen LogP contribution in [0.5, 0.6) is 5.75 Å². The summed E-state index contributed by atoms with van der Waals surface area (Å²) in [5.74, 6) is -1.61. The lowest BCUT2D eigenvalue weighted by Crippen LogP contribution is -2.34. The summed E-state index contributed by atoms with van der Waals surface area (Å²) < 4.78 is 9.99. The third-order valence-corrected chi connectivity index (χ3v) is 3.30. The number of rotatable bonds is 5. The molecule has 0 aliphatic rings. The summed E-state index contributed by atoms with van der Waals surface area (Å²) in [4.78, 5) is 35.8. The molecule has 0 saturated heterocycles. The monoisotopic (exact) mass is 327 g/mol. The Morgan fingerprint density at radius 3 is 2.25 bits per heavy atom. The average molecular weight is 327 g/mol. The van der Waals surface area contributed by atoms with Gasteiger partial charge in [-0.25, -0.2) is 4.79 Å². The number of methoxy groups -OCH3 is 1. The quantitative estimate of drug-likeness (QED) is 0.851. The fourth-order valence-electron chi connectivity index (χ4n) is 2.07. The number of imide groups is 1. The lowest BCUT2D eigenvalue weighted by atomic mass is 10.1. The van der Waals surface area contributed by atoms with Crippen molar-refractivity contribution in [3.05, 3.63) is 65.2 Å². The van der Waals surface area contributed by atoms with Crippen LogP contribution in [-0.4, -0.2) is 31.5 Å². The van der Waals surface area contributed by atoms with Crippen molar-refractivity contribution >= 4 is 17.8 Å². The second-order valence-corrected chi connectivity index (χ2v) is 4.97. The van der Waals surface area contributed by atoms with Crippen LogP contribution >= 0.6 is 0 Å². The van der Waals surface area contributed by atoms with E-state index in [1.165, 1.54) is 13.2 Å². The average Bonchev–Trinajstić information content (AvgIpc) is 2.60. The van der Waals surface area contributed by atoms with Crippen molar-refractivity contribution in [2.24, 2.45) is 0 Å². The predicted molar refractivity (Wildman–Crippen MR) is 86.9 cm³/mol. The minimum atomic E-state index is -0.715. The van der Waals surface area contributed by atoms with E-state index in [-0.39, 0.29) is 5.56 Å². The SMILES string of the molecule is COc1ccccc1C(=O)NC(=O)COC(=O)c1ccccc1C. The summed E-state index contributed by atoms with van der Waals surface area (Å²) in [6.07, 6.45) is 0. The van der Waals surface area contributed by atoms with Crippen molar-refractivity contribution in [3.63, 3.8) is 0 Å². The Hall–Kier alpha value is -3.15. The first kappa shape index (κ1) is 17.2. The van der Waals surface area contributed by atoms with Crippen molar-refractivity contribution in [3.8, 4) is 5.75 Å². The van der Waals surface area contributed by atoms with E-state index < -0.39 is 24.4 Å². The van der Waals surface area contributed by atoms with Gasteiger partial charge in [-0.05, 0) is 30.7 Å². The Balaban J connectivity index is 1.93. The number of carbonyl (C=O) groups excluding carboxylic acids is 3. The van der Waals surface area contributed by atoms with E-state index >= 15 is 0 Å². The normalized spacial score (nSPS) is 9.92. The van der Waals surface area contributed by atoms with Gasteiger partial charge in [-0.15, -0.1) is 0 Å². The van der Waals surface area contributed by atoms with E-state index in [9.17, 15) is 14.4 Å². The summed E-state index contributed by atoms with van der Waals surface area (Å²) in [6, 6.07) is 13.4. The second kappa shape index (κ2) is 7.92. The van der Waals surface area contributed by atoms with Crippen LogP contribution in [0.4, 0.5) is 0 Å². The highest BCUT2D eigenvalue weighted by molar-refractivity contribution is 6.07. The Bertz CT molecular complexity index is 770. The maximum Gasteiger partial charge on any atom is 0.338 e. The Morgan fingerprint density at radius 1 is 0.958 bits per heavy atom. The summed E-state index contributed by atoms with van der Waals surface area (Å²) in [7, 11) is 1.43. The Labute approximate surface area is 139 Å². The molecular weight excluding hydrogens is 310 g/mol. The van der Waals surface area contributed by atoms with Gasteiger partial charge in [0.05, 0.1) is 18.2 Å². The predicted octanol–water partition coefficient (Wildman–Crippen LogP) is 2.12. The van der Waals surface area contributed by atoms with Gasteiger partial charge in [0.2, 0.25) is 0 Å². The molecule has 2 aromatic rings. The smallest absolute Gasteiger partial charge is 0.338 e. The number of esters is 1. The van der Waals surface area contributed by atoms with E-state index in [4.69, 9.17) is 9.47 Å². The van der Waals surface area contributed by atoms with Crippen LogP contribution in [0, 0.1) is 6.92 Å². The maximum absolute atomic E-state index is 12.1. The van der Waals surface area contributed by atoms with Gasteiger partial charge < -0.3 is 9.47 Å². The van der Waals surface area contributed by atoms with Gasteiger partial charge in [0.25, 0.3) is 11.8 Å². The number of hydrogen-bond donors (Lipinski definition) is 1. The van der Waals surface area contributed by atoms with E-state index in [1.54, 1.807) is 49.4 Å². The number of carbonyl (C=O) groups is 3. The molecule has 2 rings (SSSR count). The van der Waals surface area contributed by atoms with Gasteiger partial charge in [-0.2, -0.15) is 0 Å². The molecular formula is C18H17NO5. The number of hydrogen-bond acceptors (Lipinski definition) is 5. The standard InChI is InChI=1S/C18H17NO5/c1-12-7-3-4-8-13(12)18(22)24-11-16(20)19-17(21)14-9-5-6-10-15(14)23-2/h3-10H,11H2,1-2H3,(H,19,20,21). The second-order valence-electron chi connectivity index (χ2n) is 4.97. The van der Waals surface area contributed by atoms with Crippen molar-refractivity contribution < 1.29 is 23.9 Å². The molecule has 2 aromatic carbocycles. The van der Waals surface area contributed by atoms with E-state index in [2.05, 4.69) is 5.32 Å². The summed E-state index contributed by atoms with van der Waals surface area (Å²) in [5.41, 5.74) is 1.34. The molecule has 124 valence electrons. The molecule has 0 aromatic heterocycles. The molecule has 0 aliphatic heterocycles. The Morgan fingerprint density at radius 2 is 1.58 bits per heavy atom. The topological polar surface area (TPSA) is 81.7 Å². The van der Waals surface area contributed by atoms with Crippen molar-refractivity contribution in [2.75, 3.05) is 13.7 Å². The van der Waals surface area contributed by atoms with Crippen molar-refractivity contribution in [2.45, 2.75) is 6.92 Å². The number of nitrogens with one attached hydrogen (secondary N) is 1. The third kappa shape index (κ3) is 4.19. The molecule has 6 heteroatoms. The van der Waals surface area contributed by atoms with Crippen LogP contribution in [0.1, 0.15) is 26.3 Å². The van der Waals surface area contributed by atoms with Gasteiger partial charge in [0.1, 0.15) is 5.75 Å². The number of amides is 2. The van der Waals surface area contributed by atoms with E-state index in [1.807, 2.05) is 0 Å². The summed E-state index contributed by atoms with van der Waals surface area (Å²) >= 11 is 0. The largest absolute Gasteiger partial charge is 0.496 e. The number of benzene rings is 2. The molecule has 0 fully saturated rings. The highest BCUT2D eigenvalue weighted by Gasteiger charge is 2.17. The molecule has 0 aliphatic carbocycles. The molecule has 2 amide bonds. The molecule has 0 saturated carbocycles. The van der Waals surface area contributed by atoms with Crippen LogP contribution < -0.4 is 10.1 Å². The minimum Gasteiger partial charge on any atom is -0.496 e. The lowest BCUT2D eigenvalue weighted by Gasteiger charge is -2.09. The van der Waals surface area contributed by atoms with Crippen LogP contribution in [-0.2, 0) is 9.53 Å². The van der Waals surface area contributed by atoms with Crippen LogP contribution in [0.15, 0.2) is 48.5 Å². The number of aryl methyl sites for hydroxylation is 1. The maximum atomic E-state index is 12.1. The molecule has 0 bridgehead atoms. The van der Waals surface area contributed by atoms with Crippen LogP contribution in [0.25, 0.3) is 0 Å². The first-order valence-electron chi connectivity index (χ1n) is 7.23. The molecule has 24 heavy (non-hydrogen) atoms. The van der Waals surface area contributed by atoms with Gasteiger partial charge >= 0.3 is 5.97 Å². The molecule has 0 unspecified atom stereocenters. The summed E-state index contributed by atoms with van der Waals surface area (Å²) in [5, 5.41) is 2.16. The zero-order chi connectivity index (χ0) is 17.5. The first-order chi connectivity index (χ1) is 11.5. The van der Waals surface area contributed by atoms with Crippen LogP contribution in [0.3, 0.4) is 0 Å². The fourth-order valence-corrected chi connectivity index (χ4v) is 2.07. The molecule has 0 radical (unpaired) electrons. The minimum absolute atomic E-state index is 0.221. The van der Waals surface area contributed by atoms with Gasteiger partial charge in [-0.3, -0.25) is 14.9 Å². The van der Waals surface area contributed by atoms with E-state index in [0.717, 1.165) is 5.56 Å².